The fourth-order valence-corrected chi connectivity index (χ4v) is 2.98. The average molecular weight is 280 g/mol. The van der Waals surface area contributed by atoms with E-state index in [0.29, 0.717) is 11.6 Å². The molecule has 1 atom stereocenters. The van der Waals surface area contributed by atoms with E-state index < -0.39 is 0 Å². The van der Waals surface area contributed by atoms with Crippen LogP contribution in [0.4, 0.5) is 5.82 Å². The van der Waals surface area contributed by atoms with Crippen LogP contribution in [0.3, 0.4) is 0 Å². The van der Waals surface area contributed by atoms with Crippen LogP contribution in [0.1, 0.15) is 24.8 Å². The molecule has 1 aromatic heterocycles. The van der Waals surface area contributed by atoms with Crippen molar-refractivity contribution in [2.45, 2.75) is 25.3 Å². The monoisotopic (exact) mass is 280 g/mol. The van der Waals surface area contributed by atoms with Gasteiger partial charge >= 0.3 is 0 Å². The maximum absolute atomic E-state index is 9.31. The minimum atomic E-state index is 0.553. The number of rotatable bonds is 3. The summed E-state index contributed by atoms with van der Waals surface area (Å²) in [5, 5.41) is 13.6. The molecule has 108 valence electrons. The van der Waals surface area contributed by atoms with E-state index in [2.05, 4.69) is 28.3 Å². The van der Waals surface area contributed by atoms with Crippen molar-refractivity contribution < 1.29 is 0 Å². The molecule has 1 aromatic carbocycles. The van der Waals surface area contributed by atoms with Crippen molar-refractivity contribution in [3.8, 4) is 6.07 Å². The highest BCUT2D eigenvalue weighted by atomic mass is 15.2. The van der Waals surface area contributed by atoms with Gasteiger partial charge in [-0.25, -0.2) is 4.98 Å². The Morgan fingerprint density at radius 2 is 2.24 bits per heavy atom. The number of benzene rings is 1. The highest BCUT2D eigenvalue weighted by Gasteiger charge is 2.18. The summed E-state index contributed by atoms with van der Waals surface area (Å²) >= 11 is 0. The number of piperidine rings is 1. The number of aromatic nitrogens is 1. The molecule has 0 radical (unpaired) electrons. The Bertz CT molecular complexity index is 674. The van der Waals surface area contributed by atoms with Gasteiger partial charge in [0, 0.05) is 18.0 Å². The van der Waals surface area contributed by atoms with Crippen LogP contribution in [0.5, 0.6) is 0 Å². The lowest BCUT2D eigenvalue weighted by Crippen LogP contribution is -2.40. The number of likely N-dealkylation sites (N-methyl/N-ethyl adjacent to an activating group) is 1. The Labute approximate surface area is 125 Å². The second kappa shape index (κ2) is 6.11. The van der Waals surface area contributed by atoms with Crippen molar-refractivity contribution in [2.75, 3.05) is 25.5 Å². The molecule has 4 nitrogen and oxygen atoms in total. The molecule has 0 bridgehead atoms. The van der Waals surface area contributed by atoms with Gasteiger partial charge in [0.05, 0.1) is 17.1 Å². The van der Waals surface area contributed by atoms with Crippen molar-refractivity contribution >= 4 is 16.7 Å². The normalized spacial score (nSPS) is 19.3. The van der Waals surface area contributed by atoms with Crippen molar-refractivity contribution in [1.82, 2.24) is 9.88 Å². The van der Waals surface area contributed by atoms with Gasteiger partial charge in [0.25, 0.3) is 0 Å². The predicted octanol–water partition coefficient (Wildman–Crippen LogP) is 3.00. The lowest BCUT2D eigenvalue weighted by Gasteiger charge is -2.32. The van der Waals surface area contributed by atoms with Crippen LogP contribution in [0.2, 0.25) is 0 Å². The largest absolute Gasteiger partial charge is 0.368 e. The maximum Gasteiger partial charge on any atom is 0.128 e. The summed E-state index contributed by atoms with van der Waals surface area (Å²) in [5.41, 5.74) is 1.55. The van der Waals surface area contributed by atoms with Gasteiger partial charge in [-0.3, -0.25) is 0 Å². The summed E-state index contributed by atoms with van der Waals surface area (Å²) in [6.07, 6.45) is 3.81. The van der Waals surface area contributed by atoms with E-state index >= 15 is 0 Å². The van der Waals surface area contributed by atoms with Crippen LogP contribution >= 0.6 is 0 Å². The van der Waals surface area contributed by atoms with Gasteiger partial charge < -0.3 is 10.2 Å². The van der Waals surface area contributed by atoms with Crippen LogP contribution in [0.25, 0.3) is 10.9 Å². The van der Waals surface area contributed by atoms with Gasteiger partial charge in [-0.15, -0.1) is 0 Å². The van der Waals surface area contributed by atoms with E-state index in [0.717, 1.165) is 23.3 Å². The Morgan fingerprint density at radius 3 is 3.05 bits per heavy atom. The lowest BCUT2D eigenvalue weighted by molar-refractivity contribution is 0.194. The Balaban J connectivity index is 1.79. The number of hydrogen-bond donors (Lipinski definition) is 1. The third kappa shape index (κ3) is 2.98. The molecule has 1 unspecified atom stereocenters. The number of nitrogens with zero attached hydrogens (tertiary/aromatic N) is 3. The number of likely N-dealkylation sites (tertiary alicyclic amines) is 1. The van der Waals surface area contributed by atoms with E-state index in [1.807, 2.05) is 30.3 Å². The number of nitrogens with one attached hydrogen (secondary N) is 1. The van der Waals surface area contributed by atoms with Gasteiger partial charge in [0.1, 0.15) is 5.82 Å². The second-order valence-electron chi connectivity index (χ2n) is 5.70. The van der Waals surface area contributed by atoms with Crippen LogP contribution in [-0.2, 0) is 0 Å². The number of para-hydroxylation sites is 1. The molecule has 2 aromatic rings. The minimum absolute atomic E-state index is 0.553. The highest BCUT2D eigenvalue weighted by molar-refractivity contribution is 5.86. The zero-order valence-corrected chi connectivity index (χ0v) is 12.3. The molecule has 21 heavy (non-hydrogen) atoms. The third-order valence-electron chi connectivity index (χ3n) is 4.28. The fraction of sp³-hybridized carbons (Fsp3) is 0.412. The predicted molar refractivity (Wildman–Crippen MR) is 85.2 cm³/mol. The van der Waals surface area contributed by atoms with Crippen molar-refractivity contribution in [3.63, 3.8) is 0 Å². The van der Waals surface area contributed by atoms with E-state index in [4.69, 9.17) is 0 Å². The highest BCUT2D eigenvalue weighted by Crippen LogP contribution is 2.21. The molecule has 3 rings (SSSR count). The molecule has 1 N–H and O–H groups in total. The Morgan fingerprint density at radius 1 is 1.38 bits per heavy atom. The van der Waals surface area contributed by atoms with Crippen molar-refractivity contribution in [2.24, 2.45) is 0 Å². The Kier molecular flexibility index (Phi) is 4.03. The van der Waals surface area contributed by atoms with Crippen molar-refractivity contribution in [1.29, 1.82) is 5.26 Å². The van der Waals surface area contributed by atoms with Gasteiger partial charge in [-0.2, -0.15) is 5.26 Å². The molecule has 1 saturated heterocycles. The van der Waals surface area contributed by atoms with Gasteiger partial charge in [0.2, 0.25) is 0 Å². The van der Waals surface area contributed by atoms with Gasteiger partial charge in [-0.1, -0.05) is 24.6 Å². The first kappa shape index (κ1) is 13.8. The summed E-state index contributed by atoms with van der Waals surface area (Å²) in [5.74, 6) is 0.796. The number of pyridine rings is 1. The molecule has 0 aliphatic carbocycles. The first-order chi connectivity index (χ1) is 10.3. The molecule has 1 aliphatic rings. The zero-order chi connectivity index (χ0) is 14.7. The average Bonchev–Trinajstić information content (AvgIpc) is 2.53. The Hall–Kier alpha value is -2.12. The quantitative estimate of drug-likeness (QED) is 0.939. The van der Waals surface area contributed by atoms with Crippen LogP contribution in [0.15, 0.2) is 30.3 Å². The van der Waals surface area contributed by atoms with Gasteiger partial charge in [-0.05, 0) is 38.6 Å². The molecule has 1 aliphatic heterocycles. The smallest absolute Gasteiger partial charge is 0.128 e. The summed E-state index contributed by atoms with van der Waals surface area (Å²) < 4.78 is 0. The number of nitriles is 1. The topological polar surface area (TPSA) is 52.0 Å². The summed E-state index contributed by atoms with van der Waals surface area (Å²) in [7, 11) is 2.18. The molecule has 4 heteroatoms. The van der Waals surface area contributed by atoms with E-state index in [-0.39, 0.29) is 0 Å². The molecular formula is C17H20N4. The molecule has 0 saturated carbocycles. The van der Waals surface area contributed by atoms with E-state index in [9.17, 15) is 5.26 Å². The maximum atomic E-state index is 9.31. The molecule has 0 amide bonds. The van der Waals surface area contributed by atoms with Crippen LogP contribution < -0.4 is 5.32 Å². The summed E-state index contributed by atoms with van der Waals surface area (Å²) in [6.45, 7) is 2.05. The first-order valence-electron chi connectivity index (χ1n) is 7.52. The molecule has 2 heterocycles. The number of fused-ring (bicyclic) bond motifs is 1. The summed E-state index contributed by atoms with van der Waals surface area (Å²) in [6, 6.07) is 12.5. The number of hydrogen-bond acceptors (Lipinski definition) is 4. The molecular weight excluding hydrogens is 260 g/mol. The SMILES string of the molecule is CN1CCCCC1CNc1cc(C#N)c2ccccc2n1. The minimum Gasteiger partial charge on any atom is -0.368 e. The van der Waals surface area contributed by atoms with Crippen LogP contribution in [0, 0.1) is 11.3 Å². The van der Waals surface area contributed by atoms with Gasteiger partial charge in [0.15, 0.2) is 0 Å². The molecule has 1 fully saturated rings. The third-order valence-corrected chi connectivity index (χ3v) is 4.28. The molecule has 0 spiro atoms. The standard InChI is InChI=1S/C17H20N4/c1-21-9-5-4-6-14(21)12-19-17-10-13(11-18)15-7-2-3-8-16(15)20-17/h2-3,7-8,10,14H,4-6,9,12H2,1H3,(H,19,20). The van der Waals surface area contributed by atoms with Crippen LogP contribution in [-0.4, -0.2) is 36.1 Å². The first-order valence-corrected chi connectivity index (χ1v) is 7.52. The number of anilines is 1. The zero-order valence-electron chi connectivity index (χ0n) is 12.3. The van der Waals surface area contributed by atoms with E-state index in [1.165, 1.54) is 25.8 Å². The summed E-state index contributed by atoms with van der Waals surface area (Å²) in [4.78, 5) is 7.02. The fourth-order valence-electron chi connectivity index (χ4n) is 2.98. The van der Waals surface area contributed by atoms with E-state index in [1.54, 1.807) is 0 Å². The second-order valence-corrected chi connectivity index (χ2v) is 5.70. The van der Waals surface area contributed by atoms with Crippen molar-refractivity contribution in [3.05, 3.63) is 35.9 Å². The lowest BCUT2D eigenvalue weighted by atomic mass is 10.0.